The van der Waals surface area contributed by atoms with Crippen molar-refractivity contribution in [2.75, 3.05) is 19.5 Å². The Hall–Kier alpha value is -1.11. The summed E-state index contributed by atoms with van der Waals surface area (Å²) in [5.41, 5.74) is 1.59. The Morgan fingerprint density at radius 1 is 1.29 bits per heavy atom. The fourth-order valence-corrected chi connectivity index (χ4v) is 3.81. The van der Waals surface area contributed by atoms with E-state index in [9.17, 15) is 8.42 Å². The molecule has 0 spiro atoms. The number of benzene rings is 1. The van der Waals surface area contributed by atoms with Gasteiger partial charge in [0.25, 0.3) is 0 Å². The van der Waals surface area contributed by atoms with Crippen molar-refractivity contribution in [2.24, 2.45) is 0 Å². The SMILES string of the molecule is CNS(=O)(=O)c1cc(NC2CCCC(OC)C2)ccc1C. The smallest absolute Gasteiger partial charge is 0.240 e. The first kappa shape index (κ1) is 16.3. The zero-order valence-corrected chi connectivity index (χ0v) is 13.7. The van der Waals surface area contributed by atoms with Crippen LogP contribution < -0.4 is 10.0 Å². The lowest BCUT2D eigenvalue weighted by Crippen LogP contribution is -2.31. The van der Waals surface area contributed by atoms with E-state index in [0.717, 1.165) is 36.9 Å². The molecule has 0 aromatic heterocycles. The topological polar surface area (TPSA) is 67.4 Å². The monoisotopic (exact) mass is 312 g/mol. The molecule has 6 heteroatoms. The third-order valence-corrected chi connectivity index (χ3v) is 5.63. The summed E-state index contributed by atoms with van der Waals surface area (Å²) in [6.45, 7) is 1.80. The first-order valence-electron chi connectivity index (χ1n) is 7.30. The Kier molecular flexibility index (Phi) is 5.24. The van der Waals surface area contributed by atoms with E-state index in [1.165, 1.54) is 7.05 Å². The predicted octanol–water partition coefficient (Wildman–Crippen LogP) is 2.27. The molecule has 1 fully saturated rings. The molecule has 2 N–H and O–H groups in total. The van der Waals surface area contributed by atoms with Crippen molar-refractivity contribution in [1.29, 1.82) is 0 Å². The lowest BCUT2D eigenvalue weighted by atomic mass is 9.92. The van der Waals surface area contributed by atoms with Gasteiger partial charge >= 0.3 is 0 Å². The van der Waals surface area contributed by atoms with Crippen molar-refractivity contribution in [3.05, 3.63) is 23.8 Å². The normalized spacial score (nSPS) is 23.0. The van der Waals surface area contributed by atoms with E-state index in [1.807, 2.05) is 12.1 Å². The van der Waals surface area contributed by atoms with Crippen LogP contribution in [0.15, 0.2) is 23.1 Å². The van der Waals surface area contributed by atoms with Crippen LogP contribution in [-0.4, -0.2) is 34.7 Å². The van der Waals surface area contributed by atoms with Gasteiger partial charge in [-0.3, -0.25) is 0 Å². The first-order valence-corrected chi connectivity index (χ1v) is 8.78. The molecule has 0 heterocycles. The van der Waals surface area contributed by atoms with Crippen LogP contribution in [0.1, 0.15) is 31.2 Å². The number of methoxy groups -OCH3 is 1. The summed E-state index contributed by atoms with van der Waals surface area (Å²) in [6, 6.07) is 5.80. The summed E-state index contributed by atoms with van der Waals surface area (Å²) in [5.74, 6) is 0. The highest BCUT2D eigenvalue weighted by Crippen LogP contribution is 2.26. The first-order chi connectivity index (χ1) is 9.96. The van der Waals surface area contributed by atoms with Crippen LogP contribution in [0.5, 0.6) is 0 Å². The largest absolute Gasteiger partial charge is 0.382 e. The van der Waals surface area contributed by atoms with Gasteiger partial charge in [-0.15, -0.1) is 0 Å². The van der Waals surface area contributed by atoms with Gasteiger partial charge in [-0.05, 0) is 57.4 Å². The molecule has 0 saturated heterocycles. The minimum atomic E-state index is -3.42. The number of hydrogen-bond donors (Lipinski definition) is 2. The summed E-state index contributed by atoms with van der Waals surface area (Å²) in [6.07, 6.45) is 4.56. The molecule has 2 atom stereocenters. The maximum atomic E-state index is 12.0. The van der Waals surface area contributed by atoms with Crippen molar-refractivity contribution < 1.29 is 13.2 Å². The molecule has 0 amide bonds. The summed E-state index contributed by atoms with van der Waals surface area (Å²) in [5, 5.41) is 3.44. The number of rotatable bonds is 5. The lowest BCUT2D eigenvalue weighted by Gasteiger charge is -2.29. The number of aryl methyl sites for hydroxylation is 1. The molecule has 21 heavy (non-hydrogen) atoms. The average Bonchev–Trinajstić information content (AvgIpc) is 2.49. The maximum Gasteiger partial charge on any atom is 0.240 e. The highest BCUT2D eigenvalue weighted by atomic mass is 32.2. The Bertz CT molecular complexity index is 587. The van der Waals surface area contributed by atoms with Crippen molar-refractivity contribution in [2.45, 2.75) is 49.6 Å². The van der Waals surface area contributed by atoms with E-state index in [1.54, 1.807) is 20.1 Å². The third kappa shape index (κ3) is 3.96. The molecular formula is C15H24N2O3S. The number of sulfonamides is 1. The number of nitrogens with one attached hydrogen (secondary N) is 2. The van der Waals surface area contributed by atoms with Gasteiger partial charge in [0.2, 0.25) is 10.0 Å². The van der Waals surface area contributed by atoms with Crippen LogP contribution in [0, 0.1) is 6.92 Å². The van der Waals surface area contributed by atoms with Crippen LogP contribution in [-0.2, 0) is 14.8 Å². The minimum absolute atomic E-state index is 0.294. The van der Waals surface area contributed by atoms with Crippen LogP contribution in [0.3, 0.4) is 0 Å². The zero-order chi connectivity index (χ0) is 15.5. The van der Waals surface area contributed by atoms with Gasteiger partial charge in [0.1, 0.15) is 0 Å². The van der Waals surface area contributed by atoms with Gasteiger partial charge in [-0.2, -0.15) is 0 Å². The Morgan fingerprint density at radius 2 is 2.05 bits per heavy atom. The molecule has 1 aliphatic rings. The average molecular weight is 312 g/mol. The third-order valence-electron chi connectivity index (χ3n) is 4.08. The molecule has 2 unspecified atom stereocenters. The van der Waals surface area contributed by atoms with E-state index in [4.69, 9.17) is 4.74 Å². The van der Waals surface area contributed by atoms with E-state index < -0.39 is 10.0 Å². The van der Waals surface area contributed by atoms with Crippen LogP contribution in [0.2, 0.25) is 0 Å². The number of ether oxygens (including phenoxy) is 1. The summed E-state index contributed by atoms with van der Waals surface area (Å²) in [7, 11) is -0.246. The second-order valence-electron chi connectivity index (χ2n) is 5.55. The van der Waals surface area contributed by atoms with Gasteiger partial charge in [0.15, 0.2) is 0 Å². The molecular weight excluding hydrogens is 288 g/mol. The van der Waals surface area contributed by atoms with E-state index >= 15 is 0 Å². The Morgan fingerprint density at radius 3 is 2.71 bits per heavy atom. The lowest BCUT2D eigenvalue weighted by molar-refractivity contribution is 0.0669. The molecule has 0 radical (unpaired) electrons. The highest BCUT2D eigenvalue weighted by molar-refractivity contribution is 7.89. The van der Waals surface area contributed by atoms with Gasteiger partial charge in [-0.1, -0.05) is 6.07 Å². The van der Waals surface area contributed by atoms with Crippen molar-refractivity contribution in [3.63, 3.8) is 0 Å². The quantitative estimate of drug-likeness (QED) is 0.875. The molecule has 0 bridgehead atoms. The second-order valence-corrected chi connectivity index (χ2v) is 7.41. The zero-order valence-electron chi connectivity index (χ0n) is 12.8. The van der Waals surface area contributed by atoms with Gasteiger partial charge < -0.3 is 10.1 Å². The van der Waals surface area contributed by atoms with E-state index in [0.29, 0.717) is 17.0 Å². The summed E-state index contributed by atoms with van der Waals surface area (Å²) < 4.78 is 31.8. The molecule has 5 nitrogen and oxygen atoms in total. The molecule has 2 rings (SSSR count). The van der Waals surface area contributed by atoms with Crippen LogP contribution in [0.4, 0.5) is 5.69 Å². The standard InChI is InChI=1S/C15H24N2O3S/c1-11-7-8-13(10-15(11)21(18,19)16-2)17-12-5-4-6-14(9-12)20-3/h7-8,10,12,14,16-17H,4-6,9H2,1-3H3. The van der Waals surface area contributed by atoms with Crippen molar-refractivity contribution >= 4 is 15.7 Å². The molecule has 0 aliphatic heterocycles. The predicted molar refractivity (Wildman–Crippen MR) is 84.1 cm³/mol. The van der Waals surface area contributed by atoms with Gasteiger partial charge in [-0.25, -0.2) is 13.1 Å². The molecule has 1 aliphatic carbocycles. The van der Waals surface area contributed by atoms with E-state index in [-0.39, 0.29) is 0 Å². The molecule has 1 aromatic rings. The Labute approximate surface area is 127 Å². The minimum Gasteiger partial charge on any atom is -0.382 e. The Balaban J connectivity index is 2.16. The highest BCUT2D eigenvalue weighted by Gasteiger charge is 2.22. The molecule has 118 valence electrons. The second kappa shape index (κ2) is 6.77. The molecule has 1 saturated carbocycles. The van der Waals surface area contributed by atoms with Crippen molar-refractivity contribution in [3.8, 4) is 0 Å². The summed E-state index contributed by atoms with van der Waals surface area (Å²) in [4.78, 5) is 0.328. The summed E-state index contributed by atoms with van der Waals surface area (Å²) >= 11 is 0. The van der Waals surface area contributed by atoms with Crippen LogP contribution >= 0.6 is 0 Å². The van der Waals surface area contributed by atoms with Crippen molar-refractivity contribution in [1.82, 2.24) is 4.72 Å². The number of anilines is 1. The van der Waals surface area contributed by atoms with Crippen LogP contribution in [0.25, 0.3) is 0 Å². The van der Waals surface area contributed by atoms with Gasteiger partial charge in [0, 0.05) is 18.8 Å². The fraction of sp³-hybridized carbons (Fsp3) is 0.600. The van der Waals surface area contributed by atoms with E-state index in [2.05, 4.69) is 10.0 Å². The maximum absolute atomic E-state index is 12.0. The molecule has 1 aromatic carbocycles. The fourth-order valence-electron chi connectivity index (χ4n) is 2.82. The number of hydrogen-bond acceptors (Lipinski definition) is 4. The van der Waals surface area contributed by atoms with Gasteiger partial charge in [0.05, 0.1) is 11.0 Å².